The Bertz CT molecular complexity index is 132. The third-order valence-electron chi connectivity index (χ3n) is 1.22. The molecule has 0 rings (SSSR count). The van der Waals surface area contributed by atoms with Crippen molar-refractivity contribution in [1.29, 1.82) is 0 Å². The van der Waals surface area contributed by atoms with Gasteiger partial charge in [0.2, 0.25) is 5.91 Å². The van der Waals surface area contributed by atoms with E-state index in [4.69, 9.17) is 0 Å². The van der Waals surface area contributed by atoms with Gasteiger partial charge in [-0.05, 0) is 12.8 Å². The molecule has 0 aliphatic heterocycles. The highest BCUT2D eigenvalue weighted by atomic mass is 16.2. The minimum absolute atomic E-state index is 0.0107. The van der Waals surface area contributed by atoms with Gasteiger partial charge >= 0.3 is 0 Å². The van der Waals surface area contributed by atoms with Crippen molar-refractivity contribution in [3.8, 4) is 0 Å². The van der Waals surface area contributed by atoms with Gasteiger partial charge in [0.1, 0.15) is 0 Å². The van der Waals surface area contributed by atoms with Gasteiger partial charge < -0.3 is 0 Å². The summed E-state index contributed by atoms with van der Waals surface area (Å²) in [5.74, 6) is 0.0107. The van der Waals surface area contributed by atoms with E-state index in [1.54, 1.807) is 6.21 Å². The van der Waals surface area contributed by atoms with Gasteiger partial charge in [-0.3, -0.25) is 4.79 Å². The Hall–Kier alpha value is -0.860. The number of hydrazone groups is 1. The first-order chi connectivity index (χ1) is 5.31. The molecule has 0 unspecified atom stereocenters. The van der Waals surface area contributed by atoms with Crippen LogP contribution in [0.2, 0.25) is 0 Å². The van der Waals surface area contributed by atoms with E-state index in [1.807, 2.05) is 6.92 Å². The smallest absolute Gasteiger partial charge is 0.240 e. The largest absolute Gasteiger partial charge is 0.273 e. The lowest BCUT2D eigenvalue weighted by atomic mass is 10.2. The van der Waals surface area contributed by atoms with Crippen LogP contribution in [0.25, 0.3) is 0 Å². The third-order valence-corrected chi connectivity index (χ3v) is 1.22. The molecular weight excluding hydrogens is 140 g/mol. The second kappa shape index (κ2) is 7.25. The summed E-state index contributed by atoms with van der Waals surface area (Å²) < 4.78 is 0. The van der Waals surface area contributed by atoms with Crippen molar-refractivity contribution >= 4 is 12.1 Å². The van der Waals surface area contributed by atoms with Crippen molar-refractivity contribution < 1.29 is 4.79 Å². The number of carbonyl (C=O) groups excluding carboxylic acids is 1. The van der Waals surface area contributed by atoms with Crippen LogP contribution < -0.4 is 5.43 Å². The fourth-order valence-electron chi connectivity index (χ4n) is 0.602. The summed E-state index contributed by atoms with van der Waals surface area (Å²) in [4.78, 5) is 10.9. The second-order valence-electron chi connectivity index (χ2n) is 2.36. The molecule has 0 saturated heterocycles. The molecule has 3 heteroatoms. The summed E-state index contributed by atoms with van der Waals surface area (Å²) in [7, 11) is 0. The highest BCUT2D eigenvalue weighted by molar-refractivity contribution is 5.76. The molecule has 1 amide bonds. The van der Waals surface area contributed by atoms with E-state index in [-0.39, 0.29) is 5.91 Å². The van der Waals surface area contributed by atoms with Gasteiger partial charge in [-0.25, -0.2) is 5.43 Å². The molecule has 0 spiro atoms. The molecule has 0 aliphatic carbocycles. The predicted molar refractivity (Wildman–Crippen MR) is 46.5 cm³/mol. The Morgan fingerprint density at radius 1 is 1.55 bits per heavy atom. The monoisotopic (exact) mass is 156 g/mol. The van der Waals surface area contributed by atoms with Crippen LogP contribution in [0.15, 0.2) is 5.10 Å². The molecule has 11 heavy (non-hydrogen) atoms. The SMILES string of the molecule is CC/C=N\NC(=O)CCCC. The molecule has 0 radical (unpaired) electrons. The first kappa shape index (κ1) is 10.1. The predicted octanol–water partition coefficient (Wildman–Crippen LogP) is 1.69. The van der Waals surface area contributed by atoms with E-state index < -0.39 is 0 Å². The first-order valence-corrected chi connectivity index (χ1v) is 4.11. The Morgan fingerprint density at radius 3 is 2.82 bits per heavy atom. The van der Waals surface area contributed by atoms with Gasteiger partial charge in [-0.2, -0.15) is 5.10 Å². The summed E-state index contributed by atoms with van der Waals surface area (Å²) >= 11 is 0. The summed E-state index contributed by atoms with van der Waals surface area (Å²) in [5, 5.41) is 3.72. The average molecular weight is 156 g/mol. The van der Waals surface area contributed by atoms with E-state index in [9.17, 15) is 4.79 Å². The number of amides is 1. The second-order valence-corrected chi connectivity index (χ2v) is 2.36. The normalized spacial score (nSPS) is 10.4. The molecule has 64 valence electrons. The Balaban J connectivity index is 3.29. The van der Waals surface area contributed by atoms with Crippen molar-refractivity contribution in [2.45, 2.75) is 39.5 Å². The number of hydrogen-bond acceptors (Lipinski definition) is 2. The number of nitrogens with one attached hydrogen (secondary N) is 1. The molecule has 0 atom stereocenters. The van der Waals surface area contributed by atoms with Crippen molar-refractivity contribution in [3.63, 3.8) is 0 Å². The number of nitrogens with zero attached hydrogens (tertiary/aromatic N) is 1. The number of unbranched alkanes of at least 4 members (excludes halogenated alkanes) is 1. The number of rotatable bonds is 5. The highest BCUT2D eigenvalue weighted by Gasteiger charge is 1.95. The number of carbonyl (C=O) groups is 1. The maximum atomic E-state index is 10.9. The molecule has 0 fully saturated rings. The standard InChI is InChI=1S/C8H16N2O/c1-3-5-6-8(11)10-9-7-4-2/h7H,3-6H2,1-2H3,(H,10,11)/b9-7-. The lowest BCUT2D eigenvalue weighted by Gasteiger charge is -1.95. The molecule has 0 bridgehead atoms. The molecule has 0 aromatic rings. The van der Waals surface area contributed by atoms with E-state index in [2.05, 4.69) is 17.5 Å². The van der Waals surface area contributed by atoms with Crippen LogP contribution in [-0.2, 0) is 4.79 Å². The van der Waals surface area contributed by atoms with Crippen molar-refractivity contribution in [2.75, 3.05) is 0 Å². The Kier molecular flexibility index (Phi) is 6.68. The van der Waals surface area contributed by atoms with Gasteiger partial charge in [0.25, 0.3) is 0 Å². The molecule has 3 nitrogen and oxygen atoms in total. The summed E-state index contributed by atoms with van der Waals surface area (Å²) in [6, 6.07) is 0. The highest BCUT2D eigenvalue weighted by Crippen LogP contribution is 1.92. The number of hydrogen-bond donors (Lipinski definition) is 1. The van der Waals surface area contributed by atoms with E-state index in [1.165, 1.54) is 0 Å². The average Bonchev–Trinajstić information content (AvgIpc) is 2.01. The molecule has 0 aliphatic rings. The quantitative estimate of drug-likeness (QED) is 0.477. The molecule has 0 aromatic carbocycles. The van der Waals surface area contributed by atoms with Crippen LogP contribution in [0.1, 0.15) is 39.5 Å². The fourth-order valence-corrected chi connectivity index (χ4v) is 0.602. The van der Waals surface area contributed by atoms with Crippen molar-refractivity contribution in [1.82, 2.24) is 5.43 Å². The lowest BCUT2D eigenvalue weighted by Crippen LogP contribution is -2.16. The van der Waals surface area contributed by atoms with Crippen LogP contribution in [-0.4, -0.2) is 12.1 Å². The summed E-state index contributed by atoms with van der Waals surface area (Å²) in [5.41, 5.74) is 2.45. The van der Waals surface area contributed by atoms with E-state index >= 15 is 0 Å². The minimum Gasteiger partial charge on any atom is -0.273 e. The van der Waals surface area contributed by atoms with Crippen LogP contribution in [0, 0.1) is 0 Å². The van der Waals surface area contributed by atoms with Crippen molar-refractivity contribution in [2.24, 2.45) is 5.10 Å². The zero-order valence-corrected chi connectivity index (χ0v) is 7.26. The topological polar surface area (TPSA) is 41.5 Å². The van der Waals surface area contributed by atoms with Gasteiger partial charge in [0.05, 0.1) is 0 Å². The summed E-state index contributed by atoms with van der Waals surface area (Å²) in [6.45, 7) is 4.03. The molecule has 0 aromatic heterocycles. The molecule has 0 heterocycles. The van der Waals surface area contributed by atoms with Crippen LogP contribution in [0.3, 0.4) is 0 Å². The Labute approximate surface area is 67.9 Å². The lowest BCUT2D eigenvalue weighted by molar-refractivity contribution is -0.121. The zero-order valence-electron chi connectivity index (χ0n) is 7.26. The van der Waals surface area contributed by atoms with Crippen LogP contribution >= 0.6 is 0 Å². The van der Waals surface area contributed by atoms with E-state index in [0.717, 1.165) is 19.3 Å². The maximum absolute atomic E-state index is 10.9. The Morgan fingerprint density at radius 2 is 2.27 bits per heavy atom. The summed E-state index contributed by atoms with van der Waals surface area (Å²) in [6.07, 6.45) is 5.11. The van der Waals surface area contributed by atoms with Crippen molar-refractivity contribution in [3.05, 3.63) is 0 Å². The molecule has 1 N–H and O–H groups in total. The van der Waals surface area contributed by atoms with E-state index in [0.29, 0.717) is 6.42 Å². The minimum atomic E-state index is 0.0107. The van der Waals surface area contributed by atoms with Gasteiger partial charge in [-0.1, -0.05) is 20.3 Å². The maximum Gasteiger partial charge on any atom is 0.240 e. The van der Waals surface area contributed by atoms with Gasteiger partial charge in [-0.15, -0.1) is 0 Å². The molecular formula is C8H16N2O. The van der Waals surface area contributed by atoms with Gasteiger partial charge in [0, 0.05) is 12.6 Å². The third kappa shape index (κ3) is 7.03. The fraction of sp³-hybridized carbons (Fsp3) is 0.750. The van der Waals surface area contributed by atoms with Gasteiger partial charge in [0.15, 0.2) is 0 Å². The molecule has 0 saturated carbocycles. The zero-order chi connectivity index (χ0) is 8.53. The van der Waals surface area contributed by atoms with Crippen LogP contribution in [0.5, 0.6) is 0 Å². The van der Waals surface area contributed by atoms with Crippen LogP contribution in [0.4, 0.5) is 0 Å². The first-order valence-electron chi connectivity index (χ1n) is 4.11.